The third-order valence-electron chi connectivity index (χ3n) is 3.48. The molecule has 0 aliphatic rings. The zero-order chi connectivity index (χ0) is 16.1. The number of halogens is 1. The van der Waals surface area contributed by atoms with E-state index >= 15 is 0 Å². The number of methoxy groups -OCH3 is 1. The lowest BCUT2D eigenvalue weighted by Crippen LogP contribution is -2.27. The molecule has 1 unspecified atom stereocenters. The van der Waals surface area contributed by atoms with Crippen molar-refractivity contribution in [2.75, 3.05) is 14.2 Å². The Balaban J connectivity index is 2.12. The van der Waals surface area contributed by atoms with E-state index < -0.39 is 0 Å². The monoisotopic (exact) mass is 363 g/mol. The van der Waals surface area contributed by atoms with Crippen LogP contribution in [0, 0.1) is 0 Å². The molecule has 1 aromatic carbocycles. The molecule has 1 heterocycles. The minimum absolute atomic E-state index is 0.106. The molecule has 0 spiro atoms. The van der Waals surface area contributed by atoms with Gasteiger partial charge in [0.2, 0.25) is 5.91 Å². The van der Waals surface area contributed by atoms with Gasteiger partial charge in [0.1, 0.15) is 11.5 Å². The van der Waals surface area contributed by atoms with Crippen LogP contribution >= 0.6 is 15.9 Å². The van der Waals surface area contributed by atoms with Gasteiger partial charge in [0.05, 0.1) is 19.4 Å². The largest absolute Gasteiger partial charge is 0.496 e. The van der Waals surface area contributed by atoms with Gasteiger partial charge in [0.15, 0.2) is 0 Å². The summed E-state index contributed by atoms with van der Waals surface area (Å²) in [5.41, 5.74) is 0.837. The second-order valence-corrected chi connectivity index (χ2v) is 5.78. The summed E-state index contributed by atoms with van der Waals surface area (Å²) in [4.78, 5) is 13.9. The average Bonchev–Trinajstić information content (AvgIpc) is 3.05. The number of benzene rings is 1. The van der Waals surface area contributed by atoms with Crippen LogP contribution in [0.3, 0.4) is 0 Å². The standard InChI is InChI=1S/C17H18BrNO3/c1-12(15-5-4-10-22-15)19(2)17(20)9-6-13-11-14(18)7-8-16(13)21-3/h4-12H,1-3H3/b9-6+. The predicted molar refractivity (Wildman–Crippen MR) is 89.6 cm³/mol. The number of ether oxygens (including phenoxy) is 1. The molecule has 0 saturated carbocycles. The summed E-state index contributed by atoms with van der Waals surface area (Å²) >= 11 is 3.41. The minimum atomic E-state index is -0.128. The van der Waals surface area contributed by atoms with Crippen LogP contribution in [0.5, 0.6) is 5.75 Å². The van der Waals surface area contributed by atoms with E-state index in [1.54, 1.807) is 31.4 Å². The van der Waals surface area contributed by atoms with Gasteiger partial charge in [-0.1, -0.05) is 15.9 Å². The zero-order valence-electron chi connectivity index (χ0n) is 12.7. The molecule has 1 atom stereocenters. The van der Waals surface area contributed by atoms with Crippen molar-refractivity contribution < 1.29 is 13.9 Å². The highest BCUT2D eigenvalue weighted by Gasteiger charge is 2.17. The molecule has 1 aromatic heterocycles. The maximum atomic E-state index is 12.3. The van der Waals surface area contributed by atoms with E-state index in [1.165, 1.54) is 6.08 Å². The van der Waals surface area contributed by atoms with Gasteiger partial charge in [-0.25, -0.2) is 0 Å². The SMILES string of the molecule is COc1ccc(Br)cc1/C=C/C(=O)N(C)C(C)c1ccco1. The number of nitrogens with zero attached hydrogens (tertiary/aromatic N) is 1. The number of rotatable bonds is 5. The van der Waals surface area contributed by atoms with Crippen molar-refractivity contribution in [1.29, 1.82) is 0 Å². The van der Waals surface area contributed by atoms with Crippen LogP contribution in [0.15, 0.2) is 51.6 Å². The van der Waals surface area contributed by atoms with Gasteiger partial charge in [0, 0.05) is 23.2 Å². The molecule has 0 aliphatic carbocycles. The van der Waals surface area contributed by atoms with Gasteiger partial charge in [-0.2, -0.15) is 0 Å². The number of carbonyl (C=O) groups excluding carboxylic acids is 1. The van der Waals surface area contributed by atoms with Crippen molar-refractivity contribution in [1.82, 2.24) is 4.90 Å². The van der Waals surface area contributed by atoms with E-state index in [-0.39, 0.29) is 11.9 Å². The lowest BCUT2D eigenvalue weighted by molar-refractivity contribution is -0.126. The molecule has 0 radical (unpaired) electrons. The number of furan rings is 1. The van der Waals surface area contributed by atoms with E-state index in [2.05, 4.69) is 15.9 Å². The van der Waals surface area contributed by atoms with Crippen LogP contribution in [-0.4, -0.2) is 25.0 Å². The Morgan fingerprint density at radius 2 is 2.18 bits per heavy atom. The third-order valence-corrected chi connectivity index (χ3v) is 3.97. The summed E-state index contributed by atoms with van der Waals surface area (Å²) in [7, 11) is 3.35. The molecular weight excluding hydrogens is 346 g/mol. The highest BCUT2D eigenvalue weighted by Crippen LogP contribution is 2.25. The first-order chi connectivity index (χ1) is 10.5. The Bertz CT molecular complexity index is 665. The Labute approximate surface area is 138 Å². The van der Waals surface area contributed by atoms with Crippen molar-refractivity contribution in [3.63, 3.8) is 0 Å². The lowest BCUT2D eigenvalue weighted by atomic mass is 10.1. The fourth-order valence-electron chi connectivity index (χ4n) is 2.02. The van der Waals surface area contributed by atoms with Gasteiger partial charge in [-0.3, -0.25) is 4.79 Å². The Morgan fingerprint density at radius 3 is 2.82 bits per heavy atom. The van der Waals surface area contributed by atoms with Crippen molar-refractivity contribution in [2.24, 2.45) is 0 Å². The zero-order valence-corrected chi connectivity index (χ0v) is 14.3. The first-order valence-corrected chi connectivity index (χ1v) is 7.64. The first kappa shape index (κ1) is 16.4. The van der Waals surface area contributed by atoms with Crippen LogP contribution in [-0.2, 0) is 4.79 Å². The second kappa shape index (κ2) is 7.31. The molecular formula is C17H18BrNO3. The van der Waals surface area contributed by atoms with E-state index in [0.717, 1.165) is 15.8 Å². The quantitative estimate of drug-likeness (QED) is 0.744. The number of carbonyl (C=O) groups is 1. The highest BCUT2D eigenvalue weighted by molar-refractivity contribution is 9.10. The van der Waals surface area contributed by atoms with E-state index in [9.17, 15) is 4.79 Å². The van der Waals surface area contributed by atoms with Gasteiger partial charge in [0.25, 0.3) is 0 Å². The molecule has 1 amide bonds. The van der Waals surface area contributed by atoms with Crippen LogP contribution in [0.1, 0.15) is 24.3 Å². The fraction of sp³-hybridized carbons (Fsp3) is 0.235. The van der Waals surface area contributed by atoms with Gasteiger partial charge in [-0.15, -0.1) is 0 Å². The fourth-order valence-corrected chi connectivity index (χ4v) is 2.40. The van der Waals surface area contributed by atoms with Crippen molar-refractivity contribution >= 4 is 27.9 Å². The first-order valence-electron chi connectivity index (χ1n) is 6.84. The molecule has 116 valence electrons. The van der Waals surface area contributed by atoms with Crippen LogP contribution in [0.2, 0.25) is 0 Å². The van der Waals surface area contributed by atoms with E-state index in [4.69, 9.17) is 9.15 Å². The maximum Gasteiger partial charge on any atom is 0.246 e. The molecule has 4 nitrogen and oxygen atoms in total. The molecule has 5 heteroatoms. The Hall–Kier alpha value is -2.01. The average molecular weight is 364 g/mol. The summed E-state index contributed by atoms with van der Waals surface area (Å²) < 4.78 is 11.6. The predicted octanol–water partition coefficient (Wildman–Crippen LogP) is 4.28. The van der Waals surface area contributed by atoms with Crippen molar-refractivity contribution in [3.05, 3.63) is 58.5 Å². The minimum Gasteiger partial charge on any atom is -0.496 e. The van der Waals surface area contributed by atoms with Crippen molar-refractivity contribution in [3.8, 4) is 5.75 Å². The third kappa shape index (κ3) is 3.80. The summed E-state index contributed by atoms with van der Waals surface area (Å²) in [6.45, 7) is 1.92. The summed E-state index contributed by atoms with van der Waals surface area (Å²) in [5, 5.41) is 0. The van der Waals surface area contributed by atoms with Gasteiger partial charge >= 0.3 is 0 Å². The molecule has 0 saturated heterocycles. The summed E-state index contributed by atoms with van der Waals surface area (Å²) in [5.74, 6) is 1.37. The summed E-state index contributed by atoms with van der Waals surface area (Å²) in [6, 6.07) is 9.18. The normalized spacial score (nSPS) is 12.4. The number of amides is 1. The van der Waals surface area contributed by atoms with Crippen molar-refractivity contribution in [2.45, 2.75) is 13.0 Å². The lowest BCUT2D eigenvalue weighted by Gasteiger charge is -2.21. The Kier molecular flexibility index (Phi) is 5.44. The molecule has 22 heavy (non-hydrogen) atoms. The molecule has 0 bridgehead atoms. The number of likely N-dealkylation sites (N-methyl/N-ethyl adjacent to an activating group) is 1. The van der Waals surface area contributed by atoms with E-state index in [0.29, 0.717) is 5.75 Å². The number of hydrogen-bond acceptors (Lipinski definition) is 3. The topological polar surface area (TPSA) is 42.7 Å². The molecule has 0 fully saturated rings. The van der Waals surface area contributed by atoms with E-state index in [1.807, 2.05) is 37.3 Å². The van der Waals surface area contributed by atoms with Gasteiger partial charge < -0.3 is 14.1 Å². The second-order valence-electron chi connectivity index (χ2n) is 4.86. The highest BCUT2D eigenvalue weighted by atomic mass is 79.9. The molecule has 2 aromatic rings. The molecule has 0 aliphatic heterocycles. The number of hydrogen-bond donors (Lipinski definition) is 0. The van der Waals surface area contributed by atoms with Crippen LogP contribution in [0.4, 0.5) is 0 Å². The smallest absolute Gasteiger partial charge is 0.246 e. The molecule has 0 N–H and O–H groups in total. The summed E-state index contributed by atoms with van der Waals surface area (Å²) in [6.07, 6.45) is 4.88. The van der Waals surface area contributed by atoms with Gasteiger partial charge in [-0.05, 0) is 43.3 Å². The van der Waals surface area contributed by atoms with Crippen LogP contribution < -0.4 is 4.74 Å². The molecule has 2 rings (SSSR count). The maximum absolute atomic E-state index is 12.3. The Morgan fingerprint density at radius 1 is 1.41 bits per heavy atom. The van der Waals surface area contributed by atoms with Crippen LogP contribution in [0.25, 0.3) is 6.08 Å².